The van der Waals surface area contributed by atoms with Crippen LogP contribution in [0.5, 0.6) is 5.75 Å². The Morgan fingerprint density at radius 1 is 1.29 bits per heavy atom. The zero-order valence-electron chi connectivity index (χ0n) is 12.3. The average Bonchev–Trinajstić information content (AvgIpc) is 2.50. The topological polar surface area (TPSA) is 48.1 Å². The second-order valence-electron chi connectivity index (χ2n) is 5.10. The lowest BCUT2D eigenvalue weighted by Crippen LogP contribution is -2.21. The Hall–Kier alpha value is -1.39. The summed E-state index contributed by atoms with van der Waals surface area (Å²) in [5, 5.41) is 0. The van der Waals surface area contributed by atoms with Crippen molar-refractivity contribution < 1.29 is 4.74 Å². The second kappa shape index (κ2) is 8.15. The number of hydrogen-bond acceptors (Lipinski definition) is 3. The van der Waals surface area contributed by atoms with Gasteiger partial charge in [0.05, 0.1) is 11.1 Å². The standard InChI is InChI=1S/C17H21BrN2O/c1-2-15(19)10-14-5-6-17(16(18)11-14)21-9-7-13-4-3-8-20-12-13/h3-6,8,11-12,15H,2,7,9-10,19H2,1H3. The van der Waals surface area contributed by atoms with Crippen molar-refractivity contribution >= 4 is 15.9 Å². The highest BCUT2D eigenvalue weighted by molar-refractivity contribution is 9.10. The van der Waals surface area contributed by atoms with Crippen LogP contribution in [0.4, 0.5) is 0 Å². The van der Waals surface area contributed by atoms with Crippen molar-refractivity contribution in [3.8, 4) is 5.75 Å². The van der Waals surface area contributed by atoms with Gasteiger partial charge in [0.2, 0.25) is 0 Å². The summed E-state index contributed by atoms with van der Waals surface area (Å²) in [7, 11) is 0. The molecule has 0 fully saturated rings. The second-order valence-corrected chi connectivity index (χ2v) is 5.95. The number of hydrogen-bond donors (Lipinski definition) is 1. The van der Waals surface area contributed by atoms with Crippen LogP contribution < -0.4 is 10.5 Å². The molecule has 0 saturated carbocycles. The molecule has 0 amide bonds. The van der Waals surface area contributed by atoms with Crippen molar-refractivity contribution in [2.24, 2.45) is 5.73 Å². The molecule has 0 saturated heterocycles. The maximum Gasteiger partial charge on any atom is 0.133 e. The first kappa shape index (κ1) is 16.0. The SMILES string of the molecule is CCC(N)Cc1ccc(OCCc2cccnc2)c(Br)c1. The molecule has 0 aliphatic rings. The molecule has 3 nitrogen and oxygen atoms in total. The first-order valence-electron chi connectivity index (χ1n) is 7.24. The van der Waals surface area contributed by atoms with Crippen LogP contribution in [0.25, 0.3) is 0 Å². The van der Waals surface area contributed by atoms with Crippen LogP contribution >= 0.6 is 15.9 Å². The molecule has 0 aliphatic carbocycles. The molecule has 1 heterocycles. The van der Waals surface area contributed by atoms with E-state index in [4.69, 9.17) is 10.5 Å². The predicted molar refractivity (Wildman–Crippen MR) is 89.5 cm³/mol. The molecule has 1 aromatic carbocycles. The van der Waals surface area contributed by atoms with Gasteiger partial charge in [-0.05, 0) is 58.1 Å². The molecule has 0 spiro atoms. The fourth-order valence-electron chi connectivity index (χ4n) is 2.06. The van der Waals surface area contributed by atoms with Crippen molar-refractivity contribution in [2.75, 3.05) is 6.61 Å². The normalized spacial score (nSPS) is 12.1. The van der Waals surface area contributed by atoms with Crippen LogP contribution in [0.15, 0.2) is 47.2 Å². The van der Waals surface area contributed by atoms with Gasteiger partial charge in [-0.2, -0.15) is 0 Å². The molecule has 0 radical (unpaired) electrons. The lowest BCUT2D eigenvalue weighted by atomic mass is 10.0. The Kier molecular flexibility index (Phi) is 6.21. The highest BCUT2D eigenvalue weighted by Gasteiger charge is 2.06. The number of nitrogens with zero attached hydrogens (tertiary/aromatic N) is 1. The number of nitrogens with two attached hydrogens (primary N) is 1. The van der Waals surface area contributed by atoms with Crippen LogP contribution in [0, 0.1) is 0 Å². The monoisotopic (exact) mass is 348 g/mol. The highest BCUT2D eigenvalue weighted by Crippen LogP contribution is 2.26. The molecular weight excluding hydrogens is 328 g/mol. The largest absolute Gasteiger partial charge is 0.492 e. The van der Waals surface area contributed by atoms with E-state index in [1.54, 1.807) is 6.20 Å². The lowest BCUT2D eigenvalue weighted by Gasteiger charge is -2.12. The maximum atomic E-state index is 5.99. The third-order valence-corrected chi connectivity index (χ3v) is 4.01. The van der Waals surface area contributed by atoms with Gasteiger partial charge in [-0.3, -0.25) is 4.98 Å². The van der Waals surface area contributed by atoms with Gasteiger partial charge in [0.15, 0.2) is 0 Å². The van der Waals surface area contributed by atoms with Gasteiger partial charge in [-0.15, -0.1) is 0 Å². The summed E-state index contributed by atoms with van der Waals surface area (Å²) in [5.41, 5.74) is 8.40. The fraction of sp³-hybridized carbons (Fsp3) is 0.353. The van der Waals surface area contributed by atoms with E-state index in [1.807, 2.05) is 18.3 Å². The van der Waals surface area contributed by atoms with Gasteiger partial charge in [0.1, 0.15) is 5.75 Å². The summed E-state index contributed by atoms with van der Waals surface area (Å²) >= 11 is 3.57. The number of benzene rings is 1. The van der Waals surface area contributed by atoms with E-state index in [0.29, 0.717) is 6.61 Å². The highest BCUT2D eigenvalue weighted by atomic mass is 79.9. The number of rotatable bonds is 7. The van der Waals surface area contributed by atoms with Crippen LogP contribution in [-0.4, -0.2) is 17.6 Å². The maximum absolute atomic E-state index is 5.99. The lowest BCUT2D eigenvalue weighted by molar-refractivity contribution is 0.319. The molecule has 2 rings (SSSR count). The zero-order chi connectivity index (χ0) is 15.1. The Labute approximate surface area is 134 Å². The van der Waals surface area contributed by atoms with E-state index < -0.39 is 0 Å². The van der Waals surface area contributed by atoms with E-state index in [9.17, 15) is 0 Å². The van der Waals surface area contributed by atoms with Crippen molar-refractivity contribution in [3.05, 3.63) is 58.3 Å². The molecular formula is C17H21BrN2O. The molecule has 21 heavy (non-hydrogen) atoms. The minimum absolute atomic E-state index is 0.217. The first-order valence-corrected chi connectivity index (χ1v) is 8.04. The van der Waals surface area contributed by atoms with Crippen molar-refractivity contribution in [2.45, 2.75) is 32.2 Å². The van der Waals surface area contributed by atoms with Gasteiger partial charge < -0.3 is 10.5 Å². The van der Waals surface area contributed by atoms with Gasteiger partial charge >= 0.3 is 0 Å². The van der Waals surface area contributed by atoms with Crippen LogP contribution in [-0.2, 0) is 12.8 Å². The van der Waals surface area contributed by atoms with Gasteiger partial charge in [-0.1, -0.05) is 19.1 Å². The van der Waals surface area contributed by atoms with Gasteiger partial charge in [0.25, 0.3) is 0 Å². The molecule has 0 bridgehead atoms. The van der Waals surface area contributed by atoms with E-state index in [-0.39, 0.29) is 6.04 Å². The summed E-state index contributed by atoms with van der Waals surface area (Å²) in [4.78, 5) is 4.10. The minimum atomic E-state index is 0.217. The molecule has 2 aromatic rings. The number of pyridine rings is 1. The van der Waals surface area contributed by atoms with Crippen molar-refractivity contribution in [3.63, 3.8) is 0 Å². The predicted octanol–water partition coefficient (Wildman–Crippen LogP) is 3.75. The van der Waals surface area contributed by atoms with Gasteiger partial charge in [-0.25, -0.2) is 0 Å². The quantitative estimate of drug-likeness (QED) is 0.828. The smallest absolute Gasteiger partial charge is 0.133 e. The van der Waals surface area contributed by atoms with Crippen LogP contribution in [0.3, 0.4) is 0 Å². The number of ether oxygens (including phenoxy) is 1. The van der Waals surface area contributed by atoms with Crippen LogP contribution in [0.2, 0.25) is 0 Å². The van der Waals surface area contributed by atoms with E-state index in [1.165, 1.54) is 11.1 Å². The van der Waals surface area contributed by atoms with Crippen molar-refractivity contribution in [1.29, 1.82) is 0 Å². The molecule has 112 valence electrons. The summed E-state index contributed by atoms with van der Waals surface area (Å²) in [6, 6.07) is 10.4. The zero-order valence-corrected chi connectivity index (χ0v) is 13.8. The third kappa shape index (κ3) is 5.14. The number of halogens is 1. The number of aromatic nitrogens is 1. The van der Waals surface area contributed by atoms with Gasteiger partial charge in [0, 0.05) is 24.9 Å². The van der Waals surface area contributed by atoms with Crippen LogP contribution in [0.1, 0.15) is 24.5 Å². The summed E-state index contributed by atoms with van der Waals surface area (Å²) in [5.74, 6) is 0.868. The average molecular weight is 349 g/mol. The van der Waals surface area contributed by atoms with E-state index >= 15 is 0 Å². The van der Waals surface area contributed by atoms with Crippen molar-refractivity contribution in [1.82, 2.24) is 4.98 Å². The molecule has 2 N–H and O–H groups in total. The Morgan fingerprint density at radius 2 is 2.14 bits per heavy atom. The Bertz CT molecular complexity index is 560. The summed E-state index contributed by atoms with van der Waals surface area (Å²) in [6.45, 7) is 2.74. The summed E-state index contributed by atoms with van der Waals surface area (Å²) < 4.78 is 6.80. The Balaban J connectivity index is 1.89. The Morgan fingerprint density at radius 3 is 2.81 bits per heavy atom. The summed E-state index contributed by atoms with van der Waals surface area (Å²) in [6.07, 6.45) is 6.38. The molecule has 0 aliphatic heterocycles. The fourth-order valence-corrected chi connectivity index (χ4v) is 2.60. The molecule has 4 heteroatoms. The van der Waals surface area contributed by atoms with E-state index in [2.05, 4.69) is 46.0 Å². The first-order chi connectivity index (χ1) is 10.2. The molecule has 1 atom stereocenters. The minimum Gasteiger partial charge on any atom is -0.492 e. The molecule has 1 unspecified atom stereocenters. The van der Waals surface area contributed by atoms with E-state index in [0.717, 1.165) is 29.5 Å². The third-order valence-electron chi connectivity index (χ3n) is 3.39. The molecule has 1 aromatic heterocycles.